The molecule has 2 aromatic carbocycles. The number of amides is 1. The third-order valence-corrected chi connectivity index (χ3v) is 3.89. The van der Waals surface area contributed by atoms with Gasteiger partial charge in [-0.05, 0) is 71.5 Å². The van der Waals surface area contributed by atoms with Crippen molar-refractivity contribution in [3.63, 3.8) is 0 Å². The molecule has 0 aliphatic carbocycles. The van der Waals surface area contributed by atoms with E-state index in [1.54, 1.807) is 6.07 Å². The summed E-state index contributed by atoms with van der Waals surface area (Å²) in [6, 6.07) is 9.76. The fourth-order valence-corrected chi connectivity index (χ4v) is 2.61. The highest BCUT2D eigenvalue weighted by Gasteiger charge is 2.16. The second kappa shape index (κ2) is 8.00. The number of aromatic hydroxyl groups is 1. The van der Waals surface area contributed by atoms with E-state index in [2.05, 4.69) is 27.9 Å². The van der Waals surface area contributed by atoms with Crippen molar-refractivity contribution >= 4 is 40.2 Å². The van der Waals surface area contributed by atoms with Crippen LogP contribution in [0, 0.1) is 10.5 Å². The molecule has 0 saturated carbocycles. The van der Waals surface area contributed by atoms with Gasteiger partial charge in [-0.2, -0.15) is 0 Å². The van der Waals surface area contributed by atoms with Gasteiger partial charge in [0.25, 0.3) is 5.91 Å². The van der Waals surface area contributed by atoms with Crippen LogP contribution in [-0.2, 0) is 9.53 Å². The molecule has 7 heteroatoms. The van der Waals surface area contributed by atoms with Crippen molar-refractivity contribution in [2.45, 2.75) is 6.92 Å². The first-order chi connectivity index (χ1) is 11.4. The molecule has 1 amide bonds. The lowest BCUT2D eigenvalue weighted by atomic mass is 10.2. The van der Waals surface area contributed by atoms with Crippen molar-refractivity contribution in [3.8, 4) is 11.5 Å². The van der Waals surface area contributed by atoms with Gasteiger partial charge in [0.05, 0.1) is 7.11 Å². The van der Waals surface area contributed by atoms with Crippen LogP contribution in [0.25, 0.3) is 0 Å². The molecule has 0 bridgehead atoms. The molecular formula is C17H16INO5. The summed E-state index contributed by atoms with van der Waals surface area (Å²) in [7, 11) is 1.44. The van der Waals surface area contributed by atoms with E-state index in [1.807, 2.05) is 19.1 Å². The van der Waals surface area contributed by atoms with Gasteiger partial charge in [0.15, 0.2) is 6.61 Å². The molecule has 0 spiro atoms. The first kappa shape index (κ1) is 18.1. The second-order valence-corrected chi connectivity index (χ2v) is 6.21. The third-order valence-electron chi connectivity index (χ3n) is 3.22. The van der Waals surface area contributed by atoms with E-state index in [9.17, 15) is 14.7 Å². The number of aryl methyl sites for hydroxylation is 1. The molecular weight excluding hydrogens is 425 g/mol. The Morgan fingerprint density at radius 2 is 1.96 bits per heavy atom. The number of hydrogen-bond acceptors (Lipinski definition) is 5. The quantitative estimate of drug-likeness (QED) is 0.551. The first-order valence-corrected chi connectivity index (χ1v) is 8.08. The van der Waals surface area contributed by atoms with E-state index >= 15 is 0 Å². The van der Waals surface area contributed by atoms with Crippen molar-refractivity contribution in [2.75, 3.05) is 19.0 Å². The Balaban J connectivity index is 1.97. The SMILES string of the molecule is COc1ccc(O)c(C(=O)OCC(=O)Nc2ccc(I)cc2C)c1. The molecule has 24 heavy (non-hydrogen) atoms. The predicted molar refractivity (Wildman–Crippen MR) is 97.5 cm³/mol. The number of nitrogens with one attached hydrogen (secondary N) is 1. The molecule has 0 aromatic heterocycles. The minimum atomic E-state index is -0.805. The molecule has 0 aliphatic heterocycles. The van der Waals surface area contributed by atoms with Gasteiger partial charge in [-0.3, -0.25) is 4.79 Å². The van der Waals surface area contributed by atoms with Crippen LogP contribution in [0.3, 0.4) is 0 Å². The zero-order valence-electron chi connectivity index (χ0n) is 13.1. The highest BCUT2D eigenvalue weighted by atomic mass is 127. The summed E-state index contributed by atoms with van der Waals surface area (Å²) in [4.78, 5) is 23.9. The molecule has 0 unspecified atom stereocenters. The smallest absolute Gasteiger partial charge is 0.342 e. The number of benzene rings is 2. The van der Waals surface area contributed by atoms with Gasteiger partial charge in [0.1, 0.15) is 17.1 Å². The zero-order valence-corrected chi connectivity index (χ0v) is 15.3. The summed E-state index contributed by atoms with van der Waals surface area (Å²) in [5.74, 6) is -1.11. The third kappa shape index (κ3) is 4.60. The van der Waals surface area contributed by atoms with Crippen LogP contribution in [0.2, 0.25) is 0 Å². The molecule has 0 atom stereocenters. The fraction of sp³-hybridized carbons (Fsp3) is 0.176. The van der Waals surface area contributed by atoms with Crippen molar-refractivity contribution in [2.24, 2.45) is 0 Å². The van der Waals surface area contributed by atoms with Gasteiger partial charge in [0.2, 0.25) is 0 Å². The Hall–Kier alpha value is -2.29. The maximum Gasteiger partial charge on any atom is 0.342 e. The second-order valence-electron chi connectivity index (χ2n) is 4.97. The predicted octanol–water partition coefficient (Wildman–Crippen LogP) is 3.11. The molecule has 2 N–H and O–H groups in total. The number of hydrogen-bond donors (Lipinski definition) is 2. The summed E-state index contributed by atoms with van der Waals surface area (Å²) in [6.07, 6.45) is 0. The van der Waals surface area contributed by atoms with Crippen LogP contribution < -0.4 is 10.1 Å². The van der Waals surface area contributed by atoms with Gasteiger partial charge < -0.3 is 19.9 Å². The largest absolute Gasteiger partial charge is 0.507 e. The number of halogens is 1. The summed E-state index contributed by atoms with van der Waals surface area (Å²) in [6.45, 7) is 1.42. The van der Waals surface area contributed by atoms with E-state index in [-0.39, 0.29) is 11.3 Å². The number of phenolic OH excluding ortho intramolecular Hbond substituents is 1. The number of carbonyl (C=O) groups is 2. The minimum Gasteiger partial charge on any atom is -0.507 e. The van der Waals surface area contributed by atoms with Crippen LogP contribution in [0.4, 0.5) is 5.69 Å². The Labute approximate surface area is 152 Å². The van der Waals surface area contributed by atoms with Crippen LogP contribution in [-0.4, -0.2) is 30.7 Å². The average Bonchev–Trinajstić information content (AvgIpc) is 2.55. The van der Waals surface area contributed by atoms with Gasteiger partial charge in [-0.25, -0.2) is 4.79 Å². The molecule has 126 valence electrons. The lowest BCUT2D eigenvalue weighted by Crippen LogP contribution is -2.21. The average molecular weight is 441 g/mol. The van der Waals surface area contributed by atoms with Gasteiger partial charge >= 0.3 is 5.97 Å². The number of esters is 1. The summed E-state index contributed by atoms with van der Waals surface area (Å²) >= 11 is 2.18. The lowest BCUT2D eigenvalue weighted by molar-refractivity contribution is -0.119. The number of methoxy groups -OCH3 is 1. The Morgan fingerprint density at radius 3 is 2.62 bits per heavy atom. The molecule has 0 fully saturated rings. The highest BCUT2D eigenvalue weighted by molar-refractivity contribution is 14.1. The fourth-order valence-electron chi connectivity index (χ4n) is 1.97. The van der Waals surface area contributed by atoms with Gasteiger partial charge in [-0.15, -0.1) is 0 Å². The summed E-state index contributed by atoms with van der Waals surface area (Å²) in [5, 5.41) is 12.4. The molecule has 0 saturated heterocycles. The molecule has 0 aliphatic rings. The van der Waals surface area contributed by atoms with Crippen LogP contribution in [0.5, 0.6) is 11.5 Å². The molecule has 6 nitrogen and oxygen atoms in total. The minimum absolute atomic E-state index is 0.0624. The van der Waals surface area contributed by atoms with Crippen LogP contribution >= 0.6 is 22.6 Å². The van der Waals surface area contributed by atoms with E-state index < -0.39 is 18.5 Å². The molecule has 0 heterocycles. The van der Waals surface area contributed by atoms with Crippen molar-refractivity contribution in [3.05, 3.63) is 51.1 Å². The Morgan fingerprint density at radius 1 is 1.21 bits per heavy atom. The topological polar surface area (TPSA) is 84.9 Å². The van der Waals surface area contributed by atoms with Gasteiger partial charge in [0, 0.05) is 9.26 Å². The maximum atomic E-state index is 12.0. The number of ether oxygens (including phenoxy) is 2. The van der Waals surface area contributed by atoms with Crippen molar-refractivity contribution in [1.82, 2.24) is 0 Å². The van der Waals surface area contributed by atoms with E-state index in [0.717, 1.165) is 9.13 Å². The lowest BCUT2D eigenvalue weighted by Gasteiger charge is -2.10. The number of carbonyl (C=O) groups excluding carboxylic acids is 2. The summed E-state index contributed by atoms with van der Waals surface area (Å²) < 4.78 is 11.0. The van der Waals surface area contributed by atoms with E-state index in [1.165, 1.54) is 25.3 Å². The molecule has 0 radical (unpaired) electrons. The number of anilines is 1. The normalized spacial score (nSPS) is 10.1. The molecule has 2 aromatic rings. The zero-order chi connectivity index (χ0) is 17.7. The monoisotopic (exact) mass is 441 g/mol. The van der Waals surface area contributed by atoms with Crippen molar-refractivity contribution < 1.29 is 24.2 Å². The number of phenols is 1. The first-order valence-electron chi connectivity index (χ1n) is 7.01. The number of rotatable bonds is 5. The highest BCUT2D eigenvalue weighted by Crippen LogP contribution is 2.23. The maximum absolute atomic E-state index is 12.0. The Bertz CT molecular complexity index is 776. The van der Waals surface area contributed by atoms with Gasteiger partial charge in [-0.1, -0.05) is 0 Å². The standard InChI is InChI=1S/C17H16INO5/c1-10-7-11(18)3-5-14(10)19-16(21)9-24-17(22)13-8-12(23-2)4-6-15(13)20/h3-8,20H,9H2,1-2H3,(H,19,21). The summed E-state index contributed by atoms with van der Waals surface area (Å²) in [5.41, 5.74) is 1.50. The molecule has 2 rings (SSSR count). The van der Waals surface area contributed by atoms with Crippen LogP contribution in [0.15, 0.2) is 36.4 Å². The van der Waals surface area contributed by atoms with Crippen molar-refractivity contribution in [1.29, 1.82) is 0 Å². The Kier molecular flexibility index (Phi) is 6.02. The van der Waals surface area contributed by atoms with E-state index in [4.69, 9.17) is 9.47 Å². The van der Waals surface area contributed by atoms with Crippen LogP contribution in [0.1, 0.15) is 15.9 Å². The van der Waals surface area contributed by atoms with E-state index in [0.29, 0.717) is 11.4 Å².